The molecule has 0 saturated carbocycles. The van der Waals surface area contributed by atoms with Crippen LogP contribution in [-0.4, -0.2) is 22.9 Å². The third-order valence-corrected chi connectivity index (χ3v) is 6.08. The van der Waals surface area contributed by atoms with Gasteiger partial charge < -0.3 is 9.84 Å². The first-order chi connectivity index (χ1) is 15.8. The van der Waals surface area contributed by atoms with E-state index in [2.05, 4.69) is 0 Å². The summed E-state index contributed by atoms with van der Waals surface area (Å²) in [5.41, 5.74) is 3.38. The summed E-state index contributed by atoms with van der Waals surface area (Å²) >= 11 is 0. The third kappa shape index (κ3) is 3.57. The summed E-state index contributed by atoms with van der Waals surface area (Å²) < 4.78 is 19.3. The maximum Gasteiger partial charge on any atom is 0.300 e. The Morgan fingerprint density at radius 3 is 2.55 bits per heavy atom. The predicted octanol–water partition coefficient (Wildman–Crippen LogP) is 5.08. The van der Waals surface area contributed by atoms with Crippen molar-refractivity contribution in [3.05, 3.63) is 100 Å². The second kappa shape index (κ2) is 7.89. The number of amides is 1. The van der Waals surface area contributed by atoms with Crippen LogP contribution in [0.15, 0.2) is 72.3 Å². The van der Waals surface area contributed by atoms with E-state index in [9.17, 15) is 19.1 Å². The molecule has 2 aliphatic rings. The highest BCUT2D eigenvalue weighted by Gasteiger charge is 2.47. The van der Waals surface area contributed by atoms with Gasteiger partial charge in [0, 0.05) is 17.7 Å². The molecule has 2 aliphatic heterocycles. The van der Waals surface area contributed by atoms with Gasteiger partial charge in [0.25, 0.3) is 11.7 Å². The topological polar surface area (TPSA) is 66.8 Å². The van der Waals surface area contributed by atoms with Gasteiger partial charge in [0.1, 0.15) is 23.4 Å². The van der Waals surface area contributed by atoms with Crippen molar-refractivity contribution < 1.29 is 23.8 Å². The highest BCUT2D eigenvalue weighted by molar-refractivity contribution is 6.51. The number of benzene rings is 3. The molecule has 1 N–H and O–H groups in total. The lowest BCUT2D eigenvalue weighted by molar-refractivity contribution is -0.132. The van der Waals surface area contributed by atoms with Crippen molar-refractivity contribution in [3.8, 4) is 5.75 Å². The Hall–Kier alpha value is -3.93. The molecule has 0 radical (unpaired) electrons. The van der Waals surface area contributed by atoms with E-state index in [1.54, 1.807) is 18.2 Å². The lowest BCUT2D eigenvalue weighted by atomic mass is 9.93. The highest BCUT2D eigenvalue weighted by Crippen LogP contribution is 2.43. The van der Waals surface area contributed by atoms with Gasteiger partial charge in [-0.2, -0.15) is 0 Å². The molecule has 1 saturated heterocycles. The van der Waals surface area contributed by atoms with E-state index in [4.69, 9.17) is 4.74 Å². The Kier molecular flexibility index (Phi) is 5.01. The van der Waals surface area contributed by atoms with E-state index in [0.717, 1.165) is 16.9 Å². The number of halogens is 1. The molecule has 0 bridgehead atoms. The molecule has 2 unspecified atom stereocenters. The fourth-order valence-electron chi connectivity index (χ4n) is 4.58. The van der Waals surface area contributed by atoms with Gasteiger partial charge in [-0.15, -0.1) is 0 Å². The summed E-state index contributed by atoms with van der Waals surface area (Å²) in [6.45, 7) is 3.88. The summed E-state index contributed by atoms with van der Waals surface area (Å²) in [6, 6.07) is 17.2. The van der Waals surface area contributed by atoms with Crippen molar-refractivity contribution in [2.24, 2.45) is 0 Å². The minimum absolute atomic E-state index is 0.00170. The minimum atomic E-state index is -0.848. The van der Waals surface area contributed by atoms with Gasteiger partial charge in [-0.1, -0.05) is 29.8 Å². The van der Waals surface area contributed by atoms with Crippen LogP contribution < -0.4 is 9.64 Å². The Morgan fingerprint density at radius 1 is 1.06 bits per heavy atom. The Morgan fingerprint density at radius 2 is 1.82 bits per heavy atom. The highest BCUT2D eigenvalue weighted by atomic mass is 19.1. The van der Waals surface area contributed by atoms with Crippen LogP contribution in [0.4, 0.5) is 10.1 Å². The molecule has 1 amide bonds. The van der Waals surface area contributed by atoms with E-state index in [1.807, 2.05) is 38.1 Å². The van der Waals surface area contributed by atoms with Crippen molar-refractivity contribution in [3.63, 3.8) is 0 Å². The van der Waals surface area contributed by atoms with Crippen LogP contribution in [0, 0.1) is 12.7 Å². The first-order valence-corrected chi connectivity index (χ1v) is 10.8. The molecule has 3 aromatic carbocycles. The Balaban J connectivity index is 1.69. The third-order valence-electron chi connectivity index (χ3n) is 6.08. The van der Waals surface area contributed by atoms with Crippen LogP contribution in [0.1, 0.15) is 35.2 Å². The van der Waals surface area contributed by atoms with Crippen LogP contribution >= 0.6 is 0 Å². The quantitative estimate of drug-likeness (QED) is 0.348. The fraction of sp³-hybridized carbons (Fsp3) is 0.185. The molecule has 33 heavy (non-hydrogen) atoms. The minimum Gasteiger partial charge on any atom is -0.507 e. The first-order valence-electron chi connectivity index (χ1n) is 10.8. The maximum atomic E-state index is 13.6. The maximum absolute atomic E-state index is 13.6. The van der Waals surface area contributed by atoms with Crippen molar-refractivity contribution in [1.82, 2.24) is 0 Å². The van der Waals surface area contributed by atoms with Crippen molar-refractivity contribution >= 4 is 23.1 Å². The molecule has 166 valence electrons. The average Bonchev–Trinajstić information content (AvgIpc) is 3.29. The van der Waals surface area contributed by atoms with E-state index in [-0.39, 0.29) is 17.4 Å². The zero-order valence-electron chi connectivity index (χ0n) is 18.2. The Bertz CT molecular complexity index is 1310. The van der Waals surface area contributed by atoms with Crippen molar-refractivity contribution in [2.45, 2.75) is 32.4 Å². The van der Waals surface area contributed by atoms with Gasteiger partial charge in [0.2, 0.25) is 0 Å². The number of aryl methyl sites for hydroxylation is 1. The summed E-state index contributed by atoms with van der Waals surface area (Å²) in [5, 5.41) is 11.3. The molecule has 2 heterocycles. The summed E-state index contributed by atoms with van der Waals surface area (Å²) in [5.74, 6) is -1.49. The molecule has 6 heteroatoms. The van der Waals surface area contributed by atoms with Crippen molar-refractivity contribution in [2.75, 3.05) is 4.90 Å². The largest absolute Gasteiger partial charge is 0.507 e. The number of carbonyl (C=O) groups excluding carboxylic acids is 2. The Labute approximate surface area is 190 Å². The number of rotatable bonds is 3. The molecule has 3 aromatic rings. The monoisotopic (exact) mass is 443 g/mol. The number of anilines is 1. The smallest absolute Gasteiger partial charge is 0.300 e. The fourth-order valence-corrected chi connectivity index (χ4v) is 4.58. The van der Waals surface area contributed by atoms with Crippen LogP contribution in [0.25, 0.3) is 5.76 Å². The van der Waals surface area contributed by atoms with Gasteiger partial charge in [-0.05, 0) is 67.4 Å². The number of nitrogens with zero attached hydrogens (tertiary/aromatic N) is 1. The van der Waals surface area contributed by atoms with E-state index >= 15 is 0 Å². The van der Waals surface area contributed by atoms with E-state index in [0.29, 0.717) is 23.2 Å². The number of Topliss-reactive ketones (excluding diaryl/α,β-unsaturated/α-hetero) is 1. The molecular formula is C27H22FNO4. The molecule has 0 aromatic heterocycles. The van der Waals surface area contributed by atoms with Gasteiger partial charge in [-0.25, -0.2) is 4.39 Å². The molecule has 2 atom stereocenters. The van der Waals surface area contributed by atoms with Gasteiger partial charge >= 0.3 is 0 Å². The summed E-state index contributed by atoms with van der Waals surface area (Å²) in [4.78, 5) is 27.7. The molecule has 0 aliphatic carbocycles. The second-order valence-corrected chi connectivity index (χ2v) is 8.51. The number of ether oxygens (including phenoxy) is 1. The molecule has 5 nitrogen and oxygen atoms in total. The summed E-state index contributed by atoms with van der Waals surface area (Å²) in [7, 11) is 0. The zero-order chi connectivity index (χ0) is 23.3. The summed E-state index contributed by atoms with van der Waals surface area (Å²) in [6.07, 6.45) is 0.732. The zero-order valence-corrected chi connectivity index (χ0v) is 18.2. The van der Waals surface area contributed by atoms with Crippen LogP contribution in [0.2, 0.25) is 0 Å². The van der Waals surface area contributed by atoms with Gasteiger partial charge in [-0.3, -0.25) is 14.5 Å². The van der Waals surface area contributed by atoms with E-state index < -0.39 is 23.5 Å². The van der Waals surface area contributed by atoms with Crippen LogP contribution in [-0.2, 0) is 16.0 Å². The number of carbonyl (C=O) groups is 2. The lowest BCUT2D eigenvalue weighted by Crippen LogP contribution is -2.29. The molecule has 1 fully saturated rings. The van der Waals surface area contributed by atoms with Crippen LogP contribution in [0.3, 0.4) is 0 Å². The second-order valence-electron chi connectivity index (χ2n) is 8.51. The van der Waals surface area contributed by atoms with Crippen molar-refractivity contribution in [1.29, 1.82) is 0 Å². The van der Waals surface area contributed by atoms with E-state index in [1.165, 1.54) is 29.2 Å². The van der Waals surface area contributed by atoms with Gasteiger partial charge in [0.15, 0.2) is 0 Å². The van der Waals surface area contributed by atoms with Crippen LogP contribution in [0.5, 0.6) is 5.75 Å². The number of hydrogen-bond donors (Lipinski definition) is 1. The number of aliphatic hydroxyl groups is 1. The lowest BCUT2D eigenvalue weighted by Gasteiger charge is -2.25. The normalized spacial score (nSPS) is 21.2. The predicted molar refractivity (Wildman–Crippen MR) is 123 cm³/mol. The number of fused-ring (bicyclic) bond motifs is 1. The number of hydrogen-bond acceptors (Lipinski definition) is 4. The standard InChI is InChI=1S/C27H22FNO4/c1-15-4-3-5-17(12-15)24-23(25(30)18-6-11-22-19(14-18)13-16(2)33-22)26(31)27(32)29(24)21-9-7-20(28)8-10-21/h3-12,14,16,24,30H,13H2,1-2H3/b25-23-. The molecule has 0 spiro atoms. The SMILES string of the molecule is Cc1cccc(C2/C(=C(/O)c3ccc4c(c3)CC(C)O4)C(=O)C(=O)N2c2ccc(F)cc2)c1. The average molecular weight is 443 g/mol. The molecular weight excluding hydrogens is 421 g/mol. The molecule has 5 rings (SSSR count). The van der Waals surface area contributed by atoms with Gasteiger partial charge in [0.05, 0.1) is 11.6 Å². The first kappa shape index (κ1) is 20.9. The number of aliphatic hydroxyl groups excluding tert-OH is 1. The number of ketones is 1.